The summed E-state index contributed by atoms with van der Waals surface area (Å²) in [4.78, 5) is 11.3. The molecule has 0 aliphatic heterocycles. The Morgan fingerprint density at radius 3 is 2.05 bits per heavy atom. The molecular weight excluding hydrogens is 296 g/mol. The van der Waals surface area contributed by atoms with Crippen molar-refractivity contribution in [1.82, 2.24) is 0 Å². The zero-order valence-corrected chi connectivity index (χ0v) is 16.3. The zero-order valence-electron chi connectivity index (χ0n) is 12.6. The second-order valence-electron chi connectivity index (χ2n) is 5.65. The maximum Gasteiger partial charge on any atom is 0.306 e. The average Bonchev–Trinajstić information content (AvgIpc) is 2.36. The van der Waals surface area contributed by atoms with E-state index in [4.69, 9.17) is 15.7 Å². The number of aliphatic carboxylic acids is 1. The summed E-state index contributed by atoms with van der Waals surface area (Å²) in [7, 11) is -1.37. The summed E-state index contributed by atoms with van der Waals surface area (Å²) in [5.74, 6) is 0.0926. The van der Waals surface area contributed by atoms with Crippen LogP contribution in [0.5, 0.6) is 0 Å². The van der Waals surface area contributed by atoms with Crippen molar-refractivity contribution in [3.63, 3.8) is 0 Å². The molecule has 0 radical (unpaired) electrons. The summed E-state index contributed by atoms with van der Waals surface area (Å²) in [6.45, 7) is 4.04. The maximum atomic E-state index is 11.3. The van der Waals surface area contributed by atoms with Crippen molar-refractivity contribution in [3.05, 3.63) is 0 Å². The van der Waals surface area contributed by atoms with E-state index in [0.717, 1.165) is 31.6 Å². The molecule has 0 aliphatic rings. The summed E-state index contributed by atoms with van der Waals surface area (Å²) in [5.41, 5.74) is -0.249. The lowest BCUT2D eigenvalue weighted by Crippen LogP contribution is -2.40. The molecule has 3 nitrogen and oxygen atoms in total. The highest BCUT2D eigenvalue weighted by Crippen LogP contribution is 2.28. The van der Waals surface area contributed by atoms with Crippen molar-refractivity contribution in [2.75, 3.05) is 5.88 Å². The molecule has 0 saturated heterocycles. The molecule has 1 atom stereocenters. The highest BCUT2D eigenvalue weighted by atomic mass is 35.5. The molecule has 1 N–H and O–H groups in total. The van der Waals surface area contributed by atoms with Gasteiger partial charge in [0.2, 0.25) is 0 Å². The first-order valence-corrected chi connectivity index (χ1v) is 11.6. The topological polar surface area (TPSA) is 46.5 Å². The number of unbranched alkanes of at least 4 members (excludes halogenated alkanes) is 6. The molecule has 0 aliphatic carbocycles. The second-order valence-corrected chi connectivity index (χ2v) is 11.6. The SMILES string of the molecule is C[Si](C)(O[SiH3])C(CCCCCCCCCCl)C(=O)O. The fraction of sp³-hybridized carbons (Fsp3) is 0.923. The minimum Gasteiger partial charge on any atom is -0.481 e. The maximum absolute atomic E-state index is 11.3. The first-order chi connectivity index (χ1) is 8.95. The molecule has 0 spiro atoms. The van der Waals surface area contributed by atoms with Gasteiger partial charge >= 0.3 is 5.97 Å². The van der Waals surface area contributed by atoms with E-state index in [0.29, 0.717) is 10.5 Å². The van der Waals surface area contributed by atoms with E-state index in [2.05, 4.69) is 0 Å². The fourth-order valence-corrected chi connectivity index (χ4v) is 5.06. The largest absolute Gasteiger partial charge is 0.481 e. The van der Waals surface area contributed by atoms with E-state index in [1.807, 2.05) is 13.1 Å². The molecular formula is C13H29ClO3Si2. The van der Waals surface area contributed by atoms with Crippen LogP contribution in [0.25, 0.3) is 0 Å². The number of halogens is 1. The van der Waals surface area contributed by atoms with Crippen molar-refractivity contribution in [1.29, 1.82) is 0 Å². The fourth-order valence-electron chi connectivity index (χ4n) is 2.24. The molecule has 0 rings (SSSR count). The zero-order chi connectivity index (χ0) is 14.7. The number of carbonyl (C=O) groups is 1. The van der Waals surface area contributed by atoms with Gasteiger partial charge in [-0.05, 0) is 25.9 Å². The average molecular weight is 325 g/mol. The van der Waals surface area contributed by atoms with Crippen molar-refractivity contribution in [2.24, 2.45) is 0 Å². The van der Waals surface area contributed by atoms with Gasteiger partial charge in [0.1, 0.15) is 10.5 Å². The molecule has 0 bridgehead atoms. The lowest BCUT2D eigenvalue weighted by molar-refractivity contribution is -0.137. The van der Waals surface area contributed by atoms with Crippen LogP contribution >= 0.6 is 11.6 Å². The van der Waals surface area contributed by atoms with E-state index in [9.17, 15) is 9.90 Å². The summed E-state index contributed by atoms with van der Waals surface area (Å²) in [6.07, 6.45) is 8.95. The molecule has 0 aromatic heterocycles. The summed E-state index contributed by atoms with van der Waals surface area (Å²) < 4.78 is 5.57. The quantitative estimate of drug-likeness (QED) is 0.340. The van der Waals surface area contributed by atoms with Gasteiger partial charge in [0, 0.05) is 5.88 Å². The van der Waals surface area contributed by atoms with E-state index in [1.54, 1.807) is 0 Å². The smallest absolute Gasteiger partial charge is 0.306 e. The minimum atomic E-state index is -2.01. The molecule has 19 heavy (non-hydrogen) atoms. The van der Waals surface area contributed by atoms with E-state index < -0.39 is 14.3 Å². The Morgan fingerprint density at radius 1 is 1.16 bits per heavy atom. The van der Waals surface area contributed by atoms with Gasteiger partial charge in [-0.2, -0.15) is 0 Å². The molecule has 0 fully saturated rings. The highest BCUT2D eigenvalue weighted by molar-refractivity contribution is 6.77. The Morgan fingerprint density at radius 2 is 1.63 bits per heavy atom. The van der Waals surface area contributed by atoms with Gasteiger partial charge < -0.3 is 9.22 Å². The van der Waals surface area contributed by atoms with Crippen LogP contribution in [0.1, 0.15) is 51.4 Å². The van der Waals surface area contributed by atoms with Crippen LogP contribution < -0.4 is 0 Å². The summed E-state index contributed by atoms with van der Waals surface area (Å²) in [6, 6.07) is 0. The predicted octanol–water partition coefficient (Wildman–Crippen LogP) is 3.30. The summed E-state index contributed by atoms with van der Waals surface area (Å²) >= 11 is 5.62. The Balaban J connectivity index is 3.75. The van der Waals surface area contributed by atoms with Gasteiger partial charge in [0.05, 0.1) is 5.54 Å². The third-order valence-corrected chi connectivity index (χ3v) is 10.5. The normalized spacial score (nSPS) is 13.6. The van der Waals surface area contributed by atoms with Crippen LogP contribution in [-0.4, -0.2) is 35.8 Å². The van der Waals surface area contributed by atoms with Crippen LogP contribution in [0.3, 0.4) is 0 Å². The van der Waals surface area contributed by atoms with Crippen molar-refractivity contribution in [3.8, 4) is 0 Å². The van der Waals surface area contributed by atoms with E-state index in [1.165, 1.54) is 25.7 Å². The van der Waals surface area contributed by atoms with Crippen molar-refractivity contribution in [2.45, 2.75) is 70.0 Å². The predicted molar refractivity (Wildman–Crippen MR) is 87.5 cm³/mol. The first-order valence-electron chi connectivity index (χ1n) is 7.29. The van der Waals surface area contributed by atoms with Gasteiger partial charge in [-0.1, -0.05) is 38.5 Å². The monoisotopic (exact) mass is 324 g/mol. The molecule has 0 saturated carbocycles. The number of carboxylic acid groups (broad SMARTS) is 1. The molecule has 1 unspecified atom stereocenters. The number of hydrogen-bond acceptors (Lipinski definition) is 2. The molecule has 0 amide bonds. The third-order valence-electron chi connectivity index (χ3n) is 3.79. The number of alkyl halides is 1. The standard InChI is InChI=1S/C13H29ClO3Si2/c1-19(2,17-18)12(13(15)16)10-8-6-4-3-5-7-9-11-14/h12H,3-11H2,1-2,18H3,(H,15,16). The lowest BCUT2D eigenvalue weighted by atomic mass is 10.1. The van der Waals surface area contributed by atoms with Gasteiger partial charge in [-0.15, -0.1) is 11.6 Å². The molecule has 0 aromatic carbocycles. The van der Waals surface area contributed by atoms with Crippen LogP contribution in [0.2, 0.25) is 18.6 Å². The molecule has 0 heterocycles. The molecule has 0 aromatic rings. The number of hydrogen-bond donors (Lipinski definition) is 1. The van der Waals surface area contributed by atoms with Crippen LogP contribution in [0, 0.1) is 0 Å². The molecule has 6 heteroatoms. The van der Waals surface area contributed by atoms with Crippen molar-refractivity contribution >= 4 is 36.4 Å². The Bertz CT molecular complexity index is 250. The third kappa shape index (κ3) is 8.84. The molecule has 114 valence electrons. The minimum absolute atomic E-state index is 0.249. The van der Waals surface area contributed by atoms with Crippen LogP contribution in [0.15, 0.2) is 0 Å². The van der Waals surface area contributed by atoms with Crippen molar-refractivity contribution < 1.29 is 14.0 Å². The van der Waals surface area contributed by atoms with Gasteiger partial charge in [-0.25, -0.2) is 0 Å². The van der Waals surface area contributed by atoms with Gasteiger partial charge in [-0.3, -0.25) is 4.79 Å². The second kappa shape index (κ2) is 10.9. The van der Waals surface area contributed by atoms with Gasteiger partial charge in [0.15, 0.2) is 8.32 Å². The van der Waals surface area contributed by atoms with Gasteiger partial charge in [0.25, 0.3) is 0 Å². The van der Waals surface area contributed by atoms with Crippen LogP contribution in [-0.2, 0) is 8.91 Å². The van der Waals surface area contributed by atoms with Crippen LogP contribution in [0.4, 0.5) is 0 Å². The number of rotatable bonds is 12. The lowest BCUT2D eigenvalue weighted by Gasteiger charge is -2.28. The Labute approximate surface area is 126 Å². The van der Waals surface area contributed by atoms with E-state index >= 15 is 0 Å². The highest BCUT2D eigenvalue weighted by Gasteiger charge is 2.37. The summed E-state index contributed by atoms with van der Waals surface area (Å²) in [5, 5.41) is 9.30. The Kier molecular flexibility index (Phi) is 11.0. The Hall–Kier alpha value is 0.154. The first kappa shape index (κ1) is 19.2. The van der Waals surface area contributed by atoms with E-state index in [-0.39, 0.29) is 5.54 Å². The number of carboxylic acids is 1.